The molecule has 0 fully saturated rings. The fourth-order valence-electron chi connectivity index (χ4n) is 1.57. The van der Waals surface area contributed by atoms with E-state index >= 15 is 0 Å². The van der Waals surface area contributed by atoms with Crippen LogP contribution in [0.5, 0.6) is 0 Å². The first-order chi connectivity index (χ1) is 10.7. The summed E-state index contributed by atoms with van der Waals surface area (Å²) in [4.78, 5) is 26.7. The van der Waals surface area contributed by atoms with Crippen molar-refractivity contribution < 1.29 is 18.8 Å². The molecule has 0 unspecified atom stereocenters. The van der Waals surface area contributed by atoms with Crippen molar-refractivity contribution in [3.05, 3.63) is 34.9 Å². The van der Waals surface area contributed by atoms with Crippen molar-refractivity contribution in [1.29, 1.82) is 0 Å². The number of aryl methyl sites for hydroxylation is 1. The van der Waals surface area contributed by atoms with Crippen molar-refractivity contribution in [2.75, 3.05) is 13.7 Å². The molecule has 8 heteroatoms. The third-order valence-electron chi connectivity index (χ3n) is 2.69. The van der Waals surface area contributed by atoms with Gasteiger partial charge >= 0.3 is 5.97 Å². The van der Waals surface area contributed by atoms with Crippen LogP contribution in [0.4, 0.5) is 0 Å². The van der Waals surface area contributed by atoms with Crippen molar-refractivity contribution >= 4 is 23.2 Å². The van der Waals surface area contributed by atoms with Gasteiger partial charge in [-0.2, -0.15) is 16.3 Å². The molecule has 0 aliphatic heterocycles. The van der Waals surface area contributed by atoms with Gasteiger partial charge in [-0.1, -0.05) is 11.2 Å². The minimum Gasteiger partial charge on any atom is -0.466 e. The first-order valence-corrected chi connectivity index (χ1v) is 7.49. The second-order valence-electron chi connectivity index (χ2n) is 4.25. The maximum absolute atomic E-state index is 11.6. The molecule has 0 aromatic carbocycles. The van der Waals surface area contributed by atoms with Gasteiger partial charge in [0.1, 0.15) is 0 Å². The molecule has 22 heavy (non-hydrogen) atoms. The van der Waals surface area contributed by atoms with E-state index in [4.69, 9.17) is 4.52 Å². The number of carbonyl (C=O) groups excluding carboxylic acids is 2. The van der Waals surface area contributed by atoms with Gasteiger partial charge in [0.05, 0.1) is 7.11 Å². The van der Waals surface area contributed by atoms with Gasteiger partial charge in [-0.15, -0.1) is 0 Å². The Hall–Kier alpha value is -2.48. The van der Waals surface area contributed by atoms with E-state index in [1.165, 1.54) is 19.3 Å². The molecule has 2 rings (SSSR count). The number of hydrogen-bond acceptors (Lipinski definition) is 7. The maximum Gasteiger partial charge on any atom is 0.330 e. The molecule has 2 aromatic heterocycles. The first kappa shape index (κ1) is 15.9. The summed E-state index contributed by atoms with van der Waals surface area (Å²) in [6.45, 7) is 0.262. The van der Waals surface area contributed by atoms with Crippen LogP contribution in [0.3, 0.4) is 0 Å². The van der Waals surface area contributed by atoms with Crippen LogP contribution in [0.15, 0.2) is 33.5 Å². The number of amides is 1. The average Bonchev–Trinajstić information content (AvgIpc) is 3.19. The lowest BCUT2D eigenvalue weighted by Crippen LogP contribution is -2.23. The van der Waals surface area contributed by atoms with Gasteiger partial charge in [-0.25, -0.2) is 4.79 Å². The Morgan fingerprint density at radius 3 is 3.09 bits per heavy atom. The summed E-state index contributed by atoms with van der Waals surface area (Å²) in [5.74, 6) is 0.324. The molecule has 0 spiro atoms. The smallest absolute Gasteiger partial charge is 0.330 e. The standard InChI is InChI=1S/C14H15N3O4S/c1-20-13(19)3-2-7-15-11(18)4-5-12-16-14(17-21-12)10-6-8-22-9-10/h2-3,6,8-9H,4-5,7H2,1H3,(H,15,18)/b3-2+. The van der Waals surface area contributed by atoms with E-state index < -0.39 is 5.97 Å². The lowest BCUT2D eigenvalue weighted by molar-refractivity contribution is -0.134. The number of rotatable bonds is 7. The normalized spacial score (nSPS) is 10.8. The van der Waals surface area contributed by atoms with Crippen molar-refractivity contribution in [1.82, 2.24) is 15.5 Å². The average molecular weight is 321 g/mol. The largest absolute Gasteiger partial charge is 0.466 e. The predicted molar refractivity (Wildman–Crippen MR) is 80.1 cm³/mol. The van der Waals surface area contributed by atoms with Crippen LogP contribution in [0.1, 0.15) is 12.3 Å². The van der Waals surface area contributed by atoms with E-state index in [-0.39, 0.29) is 18.9 Å². The Morgan fingerprint density at radius 1 is 1.50 bits per heavy atom. The third kappa shape index (κ3) is 4.81. The van der Waals surface area contributed by atoms with Gasteiger partial charge in [-0.3, -0.25) is 4.79 Å². The van der Waals surface area contributed by atoms with Gasteiger partial charge in [0.15, 0.2) is 0 Å². The van der Waals surface area contributed by atoms with Crippen LogP contribution in [0.2, 0.25) is 0 Å². The minimum absolute atomic E-state index is 0.162. The lowest BCUT2D eigenvalue weighted by Gasteiger charge is -1.99. The highest BCUT2D eigenvalue weighted by Crippen LogP contribution is 2.18. The van der Waals surface area contributed by atoms with E-state index in [2.05, 4.69) is 20.2 Å². The molecule has 0 saturated heterocycles. The fourth-order valence-corrected chi connectivity index (χ4v) is 2.20. The molecule has 0 aliphatic carbocycles. The van der Waals surface area contributed by atoms with Crippen molar-refractivity contribution in [2.24, 2.45) is 0 Å². The molecular formula is C14H15N3O4S. The quantitative estimate of drug-likeness (QED) is 0.614. The maximum atomic E-state index is 11.6. The second kappa shape index (κ2) is 8.08. The highest BCUT2D eigenvalue weighted by atomic mass is 32.1. The summed E-state index contributed by atoms with van der Waals surface area (Å²) in [7, 11) is 1.29. The molecule has 2 aromatic rings. The monoisotopic (exact) mass is 321 g/mol. The molecule has 1 N–H and O–H groups in total. The van der Waals surface area contributed by atoms with Crippen molar-refractivity contribution in [3.63, 3.8) is 0 Å². The van der Waals surface area contributed by atoms with Crippen LogP contribution in [0.25, 0.3) is 11.4 Å². The Kier molecular flexibility index (Phi) is 5.84. The fraction of sp³-hybridized carbons (Fsp3) is 0.286. The zero-order valence-electron chi connectivity index (χ0n) is 11.9. The zero-order chi connectivity index (χ0) is 15.8. The summed E-state index contributed by atoms with van der Waals surface area (Å²) in [5.41, 5.74) is 0.900. The number of hydrogen-bond donors (Lipinski definition) is 1. The Labute approximate surface area is 131 Å². The Bertz CT molecular complexity index is 649. The Morgan fingerprint density at radius 2 is 2.36 bits per heavy atom. The molecule has 2 heterocycles. The molecule has 0 bridgehead atoms. The summed E-state index contributed by atoms with van der Waals surface area (Å²) in [5, 5.41) is 10.4. The van der Waals surface area contributed by atoms with Gasteiger partial charge in [0.25, 0.3) is 0 Å². The number of carbonyl (C=O) groups is 2. The van der Waals surface area contributed by atoms with Gasteiger partial charge in [-0.05, 0) is 11.4 Å². The van der Waals surface area contributed by atoms with Gasteiger partial charge in [0.2, 0.25) is 17.6 Å². The molecule has 116 valence electrons. The predicted octanol–water partition coefficient (Wildman–Crippen LogP) is 1.58. The Balaban J connectivity index is 1.72. The lowest BCUT2D eigenvalue weighted by atomic mass is 10.3. The second-order valence-corrected chi connectivity index (χ2v) is 5.03. The number of methoxy groups -OCH3 is 1. The summed E-state index contributed by atoms with van der Waals surface area (Å²) < 4.78 is 9.53. The highest BCUT2D eigenvalue weighted by molar-refractivity contribution is 7.08. The zero-order valence-corrected chi connectivity index (χ0v) is 12.8. The number of nitrogens with zero attached hydrogens (tertiary/aromatic N) is 2. The van der Waals surface area contributed by atoms with Crippen molar-refractivity contribution in [3.8, 4) is 11.4 Å². The van der Waals surface area contributed by atoms with Crippen LogP contribution in [-0.2, 0) is 20.7 Å². The number of thiophene rings is 1. The van der Waals surface area contributed by atoms with E-state index in [0.29, 0.717) is 18.1 Å². The molecule has 7 nitrogen and oxygen atoms in total. The van der Waals surface area contributed by atoms with Crippen LogP contribution >= 0.6 is 11.3 Å². The number of nitrogens with one attached hydrogen (secondary N) is 1. The number of esters is 1. The van der Waals surface area contributed by atoms with Crippen LogP contribution < -0.4 is 5.32 Å². The van der Waals surface area contributed by atoms with E-state index in [0.717, 1.165) is 5.56 Å². The van der Waals surface area contributed by atoms with Crippen molar-refractivity contribution in [2.45, 2.75) is 12.8 Å². The van der Waals surface area contributed by atoms with E-state index in [1.54, 1.807) is 11.3 Å². The number of aromatic nitrogens is 2. The molecular weight excluding hydrogens is 306 g/mol. The third-order valence-corrected chi connectivity index (χ3v) is 3.37. The molecule has 0 saturated carbocycles. The van der Waals surface area contributed by atoms with Gasteiger partial charge < -0.3 is 14.6 Å². The highest BCUT2D eigenvalue weighted by Gasteiger charge is 2.10. The molecule has 0 radical (unpaired) electrons. The topological polar surface area (TPSA) is 94.3 Å². The minimum atomic E-state index is -0.457. The molecule has 0 atom stereocenters. The van der Waals surface area contributed by atoms with E-state index in [1.807, 2.05) is 16.8 Å². The van der Waals surface area contributed by atoms with Gasteiger partial charge in [0, 0.05) is 36.4 Å². The first-order valence-electron chi connectivity index (χ1n) is 6.55. The summed E-state index contributed by atoms with van der Waals surface area (Å²) in [6.07, 6.45) is 3.37. The summed E-state index contributed by atoms with van der Waals surface area (Å²) >= 11 is 1.55. The summed E-state index contributed by atoms with van der Waals surface area (Å²) in [6, 6.07) is 1.90. The van der Waals surface area contributed by atoms with Crippen LogP contribution in [-0.4, -0.2) is 35.7 Å². The molecule has 1 amide bonds. The van der Waals surface area contributed by atoms with E-state index in [9.17, 15) is 9.59 Å². The molecule has 0 aliphatic rings. The van der Waals surface area contributed by atoms with Crippen LogP contribution in [0, 0.1) is 0 Å². The number of ether oxygens (including phenoxy) is 1. The SMILES string of the molecule is COC(=O)/C=C/CNC(=O)CCc1nc(-c2ccsc2)no1.